The molecule has 0 N–H and O–H groups in total. The molecule has 0 aromatic carbocycles. The van der Waals surface area contributed by atoms with Crippen LogP contribution in [0, 0.1) is 0 Å². The third kappa shape index (κ3) is 2.02. The summed E-state index contributed by atoms with van der Waals surface area (Å²) in [5.74, 6) is -1.34. The number of nitrogens with zero attached hydrogens (tertiary/aromatic N) is 4. The van der Waals surface area contributed by atoms with Gasteiger partial charge >= 0.3 is 6.03 Å². The molecule has 3 heterocycles. The minimum atomic E-state index is -1.13. The van der Waals surface area contributed by atoms with Crippen molar-refractivity contribution in [2.24, 2.45) is 0 Å². The van der Waals surface area contributed by atoms with E-state index in [1.807, 2.05) is 4.57 Å². The van der Waals surface area contributed by atoms with Gasteiger partial charge in [0.2, 0.25) is 11.8 Å². The van der Waals surface area contributed by atoms with Crippen LogP contribution in [0.2, 0.25) is 0 Å². The highest BCUT2D eigenvalue weighted by molar-refractivity contribution is 9.10. The number of likely N-dealkylation sites (N-methyl/N-ethyl adjacent to an activating group) is 1. The summed E-state index contributed by atoms with van der Waals surface area (Å²) in [6, 6.07) is 1.05. The van der Waals surface area contributed by atoms with Crippen LogP contribution in [0.5, 0.6) is 0 Å². The van der Waals surface area contributed by atoms with Crippen LogP contribution in [-0.2, 0) is 14.3 Å². The Morgan fingerprint density at radius 3 is 2.37 bits per heavy atom. The summed E-state index contributed by atoms with van der Waals surface area (Å²) in [6.07, 6.45) is 0.336. The standard InChI is InChI=1S/C17H19BrN4O5/c1-8(23)20-13-11(22-10(15(20)25)5-6-12(22)18)7-17(27-4)14(13)21(9(2)24)16(26)19(17)3/h5-6,11,13-14H,7H2,1-4H3/t11-,13-,14-,17-/m1/s1. The van der Waals surface area contributed by atoms with Gasteiger partial charge in [0.25, 0.3) is 5.91 Å². The van der Waals surface area contributed by atoms with Crippen LogP contribution in [0.15, 0.2) is 16.7 Å². The lowest BCUT2D eigenvalue weighted by Crippen LogP contribution is -2.61. The van der Waals surface area contributed by atoms with Crippen LogP contribution in [0.25, 0.3) is 0 Å². The fourth-order valence-electron chi connectivity index (χ4n) is 4.93. The van der Waals surface area contributed by atoms with E-state index >= 15 is 0 Å². The highest BCUT2D eigenvalue weighted by Gasteiger charge is 2.70. The zero-order valence-electron chi connectivity index (χ0n) is 15.3. The largest absolute Gasteiger partial charge is 0.356 e. The molecule has 5 amide bonds. The van der Waals surface area contributed by atoms with Gasteiger partial charge in [0.15, 0.2) is 5.72 Å². The van der Waals surface area contributed by atoms with Gasteiger partial charge in [-0.25, -0.2) is 4.79 Å². The van der Waals surface area contributed by atoms with Gasteiger partial charge in [-0.15, -0.1) is 0 Å². The third-order valence-corrected chi connectivity index (χ3v) is 6.63. The minimum absolute atomic E-state index is 0.336. The van der Waals surface area contributed by atoms with Crippen molar-refractivity contribution in [2.45, 2.75) is 44.1 Å². The summed E-state index contributed by atoms with van der Waals surface area (Å²) in [5, 5.41) is 0. The number of ether oxygens (including phenoxy) is 1. The van der Waals surface area contributed by atoms with Crippen molar-refractivity contribution in [1.82, 2.24) is 19.3 Å². The molecule has 4 rings (SSSR count). The van der Waals surface area contributed by atoms with Gasteiger partial charge in [-0.3, -0.25) is 29.1 Å². The van der Waals surface area contributed by atoms with Crippen molar-refractivity contribution in [3.8, 4) is 0 Å². The van der Waals surface area contributed by atoms with E-state index in [1.54, 1.807) is 19.2 Å². The predicted octanol–water partition coefficient (Wildman–Crippen LogP) is 1.19. The van der Waals surface area contributed by atoms with Crippen molar-refractivity contribution in [3.05, 3.63) is 22.4 Å². The number of imide groups is 2. The first-order valence-corrected chi connectivity index (χ1v) is 9.30. The minimum Gasteiger partial charge on any atom is -0.356 e. The molecule has 0 unspecified atom stereocenters. The second-order valence-electron chi connectivity index (χ2n) is 7.09. The van der Waals surface area contributed by atoms with Crippen LogP contribution in [0.4, 0.5) is 4.79 Å². The molecule has 1 saturated carbocycles. The average Bonchev–Trinajstić information content (AvgIpc) is 3.20. The lowest BCUT2D eigenvalue weighted by molar-refractivity contribution is -0.139. The molecule has 0 spiro atoms. The number of methoxy groups -OCH3 is 1. The fourth-order valence-corrected chi connectivity index (χ4v) is 5.51. The highest BCUT2D eigenvalue weighted by Crippen LogP contribution is 2.53. The number of urea groups is 1. The molecule has 144 valence electrons. The summed E-state index contributed by atoms with van der Waals surface area (Å²) in [5.41, 5.74) is -0.745. The summed E-state index contributed by atoms with van der Waals surface area (Å²) in [4.78, 5) is 54.2. The van der Waals surface area contributed by atoms with Crippen molar-refractivity contribution < 1.29 is 23.9 Å². The predicted molar refractivity (Wildman–Crippen MR) is 95.6 cm³/mol. The maximum atomic E-state index is 13.1. The van der Waals surface area contributed by atoms with E-state index in [-0.39, 0.29) is 6.04 Å². The molecular formula is C17H19BrN4O5. The number of amides is 5. The van der Waals surface area contributed by atoms with Gasteiger partial charge in [-0.05, 0) is 28.1 Å². The normalized spacial score (nSPS) is 31.9. The lowest BCUT2D eigenvalue weighted by atomic mass is 10.0. The number of fused-ring (bicyclic) bond motifs is 5. The van der Waals surface area contributed by atoms with Crippen molar-refractivity contribution in [3.63, 3.8) is 0 Å². The van der Waals surface area contributed by atoms with E-state index < -0.39 is 41.6 Å². The Kier molecular flexibility index (Phi) is 3.80. The molecule has 1 saturated heterocycles. The first-order valence-electron chi connectivity index (χ1n) is 8.51. The third-order valence-electron chi connectivity index (χ3n) is 5.99. The Morgan fingerprint density at radius 2 is 1.81 bits per heavy atom. The lowest BCUT2D eigenvalue weighted by Gasteiger charge is -2.41. The van der Waals surface area contributed by atoms with Crippen molar-refractivity contribution in [2.75, 3.05) is 14.2 Å². The fraction of sp³-hybridized carbons (Fsp3) is 0.529. The Labute approximate surface area is 163 Å². The highest BCUT2D eigenvalue weighted by atomic mass is 79.9. The molecule has 1 aliphatic carbocycles. The van der Waals surface area contributed by atoms with Crippen molar-refractivity contribution >= 4 is 39.7 Å². The number of carbonyl (C=O) groups is 4. The van der Waals surface area contributed by atoms with Gasteiger partial charge in [0.1, 0.15) is 11.7 Å². The Morgan fingerprint density at radius 1 is 1.19 bits per heavy atom. The van der Waals surface area contributed by atoms with E-state index in [9.17, 15) is 19.2 Å². The first kappa shape index (κ1) is 18.2. The van der Waals surface area contributed by atoms with Crippen LogP contribution in [0.1, 0.15) is 36.8 Å². The average molecular weight is 439 g/mol. The van der Waals surface area contributed by atoms with Crippen LogP contribution in [0.3, 0.4) is 0 Å². The number of hydrogen-bond donors (Lipinski definition) is 0. The van der Waals surface area contributed by atoms with Crippen LogP contribution < -0.4 is 0 Å². The van der Waals surface area contributed by atoms with Gasteiger partial charge in [-0.2, -0.15) is 0 Å². The summed E-state index contributed by atoms with van der Waals surface area (Å²) < 4.78 is 8.32. The van der Waals surface area contributed by atoms with Crippen molar-refractivity contribution in [1.29, 1.82) is 0 Å². The number of halogens is 1. The van der Waals surface area contributed by atoms with Crippen LogP contribution in [-0.4, -0.2) is 75.0 Å². The van der Waals surface area contributed by atoms with Crippen LogP contribution >= 0.6 is 15.9 Å². The SMILES string of the molecule is CO[C@]12C[C@@H]3[C@H]([C@H]1N(C(C)=O)C(=O)N2C)N(C(C)=O)C(=O)c1ccc(Br)n13. The zero-order chi connectivity index (χ0) is 19.8. The molecule has 0 bridgehead atoms. The van der Waals surface area contributed by atoms with Gasteiger partial charge in [0.05, 0.1) is 16.7 Å². The molecule has 3 aliphatic rings. The smallest absolute Gasteiger partial charge is 0.329 e. The van der Waals surface area contributed by atoms with Gasteiger partial charge < -0.3 is 9.30 Å². The molecule has 0 radical (unpaired) electrons. The van der Waals surface area contributed by atoms with E-state index in [1.165, 1.54) is 30.8 Å². The molecule has 2 aliphatic heterocycles. The molecule has 9 nitrogen and oxygen atoms in total. The molecular weight excluding hydrogens is 420 g/mol. The maximum Gasteiger partial charge on any atom is 0.329 e. The number of rotatable bonds is 1. The second kappa shape index (κ2) is 5.65. The molecule has 1 aromatic heterocycles. The molecule has 10 heteroatoms. The number of carbonyl (C=O) groups excluding carboxylic acids is 4. The van der Waals surface area contributed by atoms with Gasteiger partial charge in [0, 0.05) is 34.4 Å². The van der Waals surface area contributed by atoms with E-state index in [2.05, 4.69) is 15.9 Å². The van der Waals surface area contributed by atoms with E-state index in [0.29, 0.717) is 16.7 Å². The van der Waals surface area contributed by atoms with Gasteiger partial charge in [-0.1, -0.05) is 0 Å². The molecule has 4 atom stereocenters. The zero-order valence-corrected chi connectivity index (χ0v) is 16.9. The number of aromatic nitrogens is 1. The summed E-state index contributed by atoms with van der Waals surface area (Å²) >= 11 is 3.47. The summed E-state index contributed by atoms with van der Waals surface area (Å²) in [6.45, 7) is 2.61. The quantitative estimate of drug-likeness (QED) is 0.656. The Hall–Kier alpha value is -2.20. The molecule has 27 heavy (non-hydrogen) atoms. The first-order chi connectivity index (χ1) is 12.7. The van der Waals surface area contributed by atoms with E-state index in [4.69, 9.17) is 4.74 Å². The summed E-state index contributed by atoms with van der Waals surface area (Å²) in [7, 11) is 3.05. The monoisotopic (exact) mass is 438 g/mol. The molecule has 2 fully saturated rings. The second-order valence-corrected chi connectivity index (χ2v) is 7.90. The maximum absolute atomic E-state index is 13.1. The Balaban J connectivity index is 1.98. The topological polar surface area (TPSA) is 92.2 Å². The number of hydrogen-bond acceptors (Lipinski definition) is 5. The van der Waals surface area contributed by atoms with E-state index in [0.717, 1.165) is 4.90 Å². The molecule has 1 aromatic rings. The Bertz CT molecular complexity index is 898.